The van der Waals surface area contributed by atoms with Crippen molar-refractivity contribution in [3.05, 3.63) is 94.8 Å². The molecule has 4 N–H and O–H groups in total. The van der Waals surface area contributed by atoms with Gasteiger partial charge in [-0.25, -0.2) is 54.2 Å². The average molecular weight is 1010 g/mol. The third kappa shape index (κ3) is 18.1. The van der Waals surface area contributed by atoms with Gasteiger partial charge in [0.05, 0.1) is 59.7 Å². The van der Waals surface area contributed by atoms with Crippen LogP contribution in [0.2, 0.25) is 0 Å². The van der Waals surface area contributed by atoms with Crippen molar-refractivity contribution in [3.8, 4) is 22.5 Å². The SMILES string of the molecule is [2H]C([2H])([2H])C(c1nc(N(C)S(C)(=O)=O)nc(-c2ccc(F)cc2)c1/C=C/[C@@H](O)C[C@@H](O)CC(=O)[O-])C([2H])([2H])[2H].[2H]C([2H])([2H])C(c1nc(N(C)S(C)(=O)=O)nc(-c2ccc(F)cc2)c1/C=C/[C@@H](O)C[C@@H](O)CC(=O)[O-])C([2H])([2H])[2H].[Ca+2]. The van der Waals surface area contributed by atoms with E-state index in [-0.39, 0.29) is 71.4 Å². The molecule has 18 nitrogen and oxygen atoms in total. The van der Waals surface area contributed by atoms with Crippen LogP contribution in [0.15, 0.2) is 60.7 Å². The quantitative estimate of drug-likeness (QED) is 0.0918. The zero-order valence-electron chi connectivity index (χ0n) is 48.2. The number of carboxylic acids is 2. The van der Waals surface area contributed by atoms with Gasteiger partial charge in [-0.2, -0.15) is 0 Å². The molecule has 4 rings (SSSR count). The second kappa shape index (κ2) is 25.7. The first kappa shape index (κ1) is 41.5. The molecule has 2 aromatic heterocycles. The fraction of sp³-hybridized carbons (Fsp3) is 0.409. The predicted octanol–water partition coefficient (Wildman–Crippen LogP) is 1.75. The number of rotatable bonds is 20. The Bertz CT molecular complexity index is 2820. The topological polar surface area (TPSA) is 287 Å². The van der Waals surface area contributed by atoms with Gasteiger partial charge < -0.3 is 40.2 Å². The van der Waals surface area contributed by atoms with Crippen LogP contribution in [0.25, 0.3) is 34.7 Å². The zero-order valence-corrected chi connectivity index (χ0v) is 40.1. The molecular weight excluding hydrogens is 947 g/mol. The molecule has 0 fully saturated rings. The average Bonchev–Trinajstić information content (AvgIpc) is 3.24. The molecule has 0 radical (unpaired) electrons. The van der Waals surface area contributed by atoms with Crippen molar-refractivity contribution in [2.24, 2.45) is 0 Å². The van der Waals surface area contributed by atoms with Crippen LogP contribution in [-0.4, -0.2) is 158 Å². The van der Waals surface area contributed by atoms with Crippen LogP contribution in [-0.2, 0) is 29.6 Å². The third-order valence-corrected chi connectivity index (χ3v) is 11.4. The summed E-state index contributed by atoms with van der Waals surface area (Å²) in [6, 6.07) is 9.12. The number of aromatic nitrogens is 4. The number of hydrogen-bond acceptors (Lipinski definition) is 16. The summed E-state index contributed by atoms with van der Waals surface area (Å²) in [6.45, 7) is -12.7. The van der Waals surface area contributed by atoms with Crippen molar-refractivity contribution in [1.82, 2.24) is 19.9 Å². The van der Waals surface area contributed by atoms with Gasteiger partial charge in [0.2, 0.25) is 31.9 Å². The number of sulfonamides is 2. The first-order valence-corrected chi connectivity index (χ1v) is 22.8. The van der Waals surface area contributed by atoms with E-state index in [1.54, 1.807) is 0 Å². The molecule has 0 saturated carbocycles. The standard InChI is InChI=1S/2C22H28FN3O6S.Ca/c2*1-13(2)20-18(10-9-16(27)11-17(28)12-19(29)30)21(14-5-7-15(23)8-6-14)25-22(24-20)26(3)33(4,31)32;/h2*5-10,13,16-17,27-28H,11-12H2,1-4H3,(H,29,30);/q;;+2/p-2/b2*10-9+;/t2*16-,17-;/m11./s1/i2*1D3,2D3;. The van der Waals surface area contributed by atoms with Crippen molar-refractivity contribution >= 4 is 93.8 Å². The Morgan fingerprint density at radius 1 is 0.642 bits per heavy atom. The Labute approximate surface area is 435 Å². The molecule has 0 aliphatic heterocycles. The molecule has 360 valence electrons. The maximum Gasteiger partial charge on any atom is 2.00 e. The van der Waals surface area contributed by atoms with E-state index < -0.39 is 156 Å². The molecule has 67 heavy (non-hydrogen) atoms. The fourth-order valence-corrected chi connectivity index (χ4v) is 6.39. The molecule has 2 heterocycles. The number of carbonyl (C=O) groups excluding carboxylic acids is 2. The molecule has 0 saturated heterocycles. The fourth-order valence-electron chi connectivity index (χ4n) is 5.63. The van der Waals surface area contributed by atoms with Gasteiger partial charge in [-0.05, 0) is 60.4 Å². The molecule has 0 amide bonds. The van der Waals surface area contributed by atoms with E-state index >= 15 is 0 Å². The largest absolute Gasteiger partial charge is 2.00 e. The number of aliphatic hydroxyl groups excluding tert-OH is 4. The molecule has 23 heteroatoms. The third-order valence-electron chi connectivity index (χ3n) is 9.07. The maximum atomic E-state index is 13.7. The van der Waals surface area contributed by atoms with Gasteiger partial charge in [0.15, 0.2) is 0 Å². The van der Waals surface area contributed by atoms with Crippen LogP contribution in [0.4, 0.5) is 20.7 Å². The summed E-state index contributed by atoms with van der Waals surface area (Å²) in [7, 11) is -5.88. The van der Waals surface area contributed by atoms with Gasteiger partial charge in [-0.15, -0.1) is 0 Å². The Hall–Kier alpha value is -4.52. The van der Waals surface area contributed by atoms with Gasteiger partial charge in [-0.1, -0.05) is 51.7 Å². The molecule has 0 spiro atoms. The number of anilines is 2. The van der Waals surface area contributed by atoms with Gasteiger partial charge in [0, 0.05) is 90.4 Å². The van der Waals surface area contributed by atoms with E-state index in [0.717, 1.165) is 75.2 Å². The minimum absolute atomic E-state index is 0. The second-order valence-electron chi connectivity index (χ2n) is 14.5. The van der Waals surface area contributed by atoms with Gasteiger partial charge in [0.25, 0.3) is 0 Å². The van der Waals surface area contributed by atoms with Crippen LogP contribution in [0.3, 0.4) is 0 Å². The normalized spacial score (nSPS) is 17.1. The number of hydrogen-bond donors (Lipinski definition) is 4. The number of halogens is 2. The molecule has 0 bridgehead atoms. The number of carbonyl (C=O) groups is 2. The Morgan fingerprint density at radius 3 is 1.22 bits per heavy atom. The monoisotopic (exact) mass is 1010 g/mol. The maximum absolute atomic E-state index is 13.7. The first-order valence-electron chi connectivity index (χ1n) is 25.1. The van der Waals surface area contributed by atoms with E-state index in [1.807, 2.05) is 0 Å². The van der Waals surface area contributed by atoms with Crippen molar-refractivity contribution in [2.45, 2.75) is 89.3 Å². The van der Waals surface area contributed by atoms with E-state index in [1.165, 1.54) is 24.3 Å². The van der Waals surface area contributed by atoms with Crippen LogP contribution in [0, 0.1) is 11.6 Å². The van der Waals surface area contributed by atoms with Gasteiger partial charge >= 0.3 is 37.7 Å². The zero-order chi connectivity index (χ0) is 59.8. The summed E-state index contributed by atoms with van der Waals surface area (Å²) in [4.78, 5) is 37.8. The number of benzene rings is 2. The molecule has 4 aromatic rings. The van der Waals surface area contributed by atoms with Crippen molar-refractivity contribution in [2.75, 3.05) is 35.2 Å². The van der Waals surface area contributed by atoms with Crippen molar-refractivity contribution < 1.29 is 82.3 Å². The molecule has 0 aliphatic carbocycles. The smallest absolute Gasteiger partial charge is 0.550 e. The Kier molecular flexibility index (Phi) is 15.9. The summed E-state index contributed by atoms with van der Waals surface area (Å²) < 4.78 is 173. The summed E-state index contributed by atoms with van der Waals surface area (Å²) in [6.07, 6.45) is -2.59. The van der Waals surface area contributed by atoms with E-state index in [0.29, 0.717) is 8.61 Å². The van der Waals surface area contributed by atoms with Crippen LogP contribution < -0.4 is 18.8 Å². The Balaban J connectivity index is 0.000000533. The Morgan fingerprint density at radius 2 is 0.955 bits per heavy atom. The number of carboxylic acid groups (broad SMARTS) is 2. The van der Waals surface area contributed by atoms with Crippen molar-refractivity contribution in [1.29, 1.82) is 0 Å². The number of aliphatic carboxylic acids is 2. The molecular formula is C44H54CaF2N6O12S2. The minimum Gasteiger partial charge on any atom is -0.550 e. The number of nitrogens with zero attached hydrogens (tertiary/aromatic N) is 6. The van der Waals surface area contributed by atoms with Crippen LogP contribution in [0.1, 0.15) is 104 Å². The van der Waals surface area contributed by atoms with Gasteiger partial charge in [-0.3, -0.25) is 0 Å². The summed E-state index contributed by atoms with van der Waals surface area (Å²) >= 11 is 0. The summed E-state index contributed by atoms with van der Waals surface area (Å²) in [5.74, 6) is -10.0. The van der Waals surface area contributed by atoms with E-state index in [9.17, 15) is 65.8 Å². The predicted molar refractivity (Wildman–Crippen MR) is 246 cm³/mol. The van der Waals surface area contributed by atoms with Gasteiger partial charge in [0.1, 0.15) is 11.6 Å². The molecule has 0 unspecified atom stereocenters. The van der Waals surface area contributed by atoms with Crippen LogP contribution in [0.5, 0.6) is 0 Å². The molecule has 0 aliphatic rings. The molecule has 2 aromatic carbocycles. The minimum atomic E-state index is -4.01. The van der Waals surface area contributed by atoms with Crippen LogP contribution >= 0.6 is 0 Å². The summed E-state index contributed by atoms with van der Waals surface area (Å²) in [5, 5.41) is 61.6. The number of aliphatic hydroxyl groups is 4. The summed E-state index contributed by atoms with van der Waals surface area (Å²) in [5.41, 5.74) is -1.78. The van der Waals surface area contributed by atoms with Crippen molar-refractivity contribution in [3.63, 3.8) is 0 Å². The van der Waals surface area contributed by atoms with E-state index in [2.05, 4.69) is 19.9 Å². The second-order valence-corrected chi connectivity index (χ2v) is 18.5. The van der Waals surface area contributed by atoms with E-state index in [4.69, 9.17) is 16.4 Å². The first-order chi connectivity index (χ1) is 35.4. The molecule has 4 atom stereocenters.